The Labute approximate surface area is 150 Å². The maximum Gasteiger partial charge on any atom is 0.243 e. The second-order valence-corrected chi connectivity index (χ2v) is 6.04. The lowest BCUT2D eigenvalue weighted by molar-refractivity contribution is -0.117. The zero-order valence-corrected chi connectivity index (χ0v) is 14.6. The van der Waals surface area contributed by atoms with Crippen LogP contribution in [0.25, 0.3) is 11.0 Å². The number of carbonyl (C=O) groups excluding carboxylic acids is 1. The summed E-state index contributed by atoms with van der Waals surface area (Å²) >= 11 is 0. The van der Waals surface area contributed by atoms with Gasteiger partial charge in [0, 0.05) is 25.5 Å². The van der Waals surface area contributed by atoms with E-state index in [1.807, 2.05) is 19.3 Å². The van der Waals surface area contributed by atoms with Crippen LogP contribution in [0.1, 0.15) is 19.3 Å². The molecular formula is C17H22N8O. The van der Waals surface area contributed by atoms with Gasteiger partial charge in [0.2, 0.25) is 11.9 Å². The number of hydrogen-bond donors (Lipinski definition) is 4. The Balaban J connectivity index is 0.000000185. The van der Waals surface area contributed by atoms with Crippen molar-refractivity contribution in [3.05, 3.63) is 37.3 Å². The Morgan fingerprint density at radius 1 is 1.46 bits per heavy atom. The highest BCUT2D eigenvalue weighted by Gasteiger charge is 2.17. The third-order valence-corrected chi connectivity index (χ3v) is 4.04. The number of anilines is 3. The second-order valence-electron chi connectivity index (χ2n) is 6.04. The molecule has 9 heteroatoms. The fourth-order valence-electron chi connectivity index (χ4n) is 2.45. The monoisotopic (exact) mass is 354 g/mol. The van der Waals surface area contributed by atoms with Gasteiger partial charge in [-0.2, -0.15) is 15.1 Å². The van der Waals surface area contributed by atoms with Crippen LogP contribution in [-0.4, -0.2) is 36.7 Å². The van der Waals surface area contributed by atoms with E-state index in [1.165, 1.54) is 12.5 Å². The van der Waals surface area contributed by atoms with Gasteiger partial charge in [-0.15, -0.1) is 0 Å². The van der Waals surface area contributed by atoms with Crippen molar-refractivity contribution >= 4 is 34.4 Å². The molecule has 0 atom stereocenters. The third kappa shape index (κ3) is 4.18. The molecule has 1 fully saturated rings. The van der Waals surface area contributed by atoms with E-state index in [1.54, 1.807) is 17.1 Å². The number of rotatable bonds is 4. The molecule has 26 heavy (non-hydrogen) atoms. The second kappa shape index (κ2) is 7.68. The van der Waals surface area contributed by atoms with E-state index >= 15 is 0 Å². The molecule has 9 nitrogen and oxygen atoms in total. The topological polar surface area (TPSA) is 127 Å². The van der Waals surface area contributed by atoms with Gasteiger partial charge in [0.05, 0.1) is 17.3 Å². The molecule has 1 aliphatic rings. The summed E-state index contributed by atoms with van der Waals surface area (Å²) in [7, 11) is 1.84. The van der Waals surface area contributed by atoms with Crippen LogP contribution in [0.3, 0.4) is 0 Å². The molecule has 4 rings (SSSR count). The lowest BCUT2D eigenvalue weighted by Crippen LogP contribution is -2.38. The Kier molecular flexibility index (Phi) is 5.16. The van der Waals surface area contributed by atoms with Gasteiger partial charge in [-0.3, -0.25) is 9.48 Å². The molecule has 5 N–H and O–H groups in total. The van der Waals surface area contributed by atoms with E-state index in [-0.39, 0.29) is 5.91 Å². The van der Waals surface area contributed by atoms with Crippen molar-refractivity contribution in [2.75, 3.05) is 11.1 Å². The van der Waals surface area contributed by atoms with Gasteiger partial charge >= 0.3 is 0 Å². The minimum absolute atomic E-state index is 0.0419. The molecule has 1 amide bonds. The van der Waals surface area contributed by atoms with Gasteiger partial charge in [-0.05, 0) is 31.4 Å². The van der Waals surface area contributed by atoms with Crippen LogP contribution in [-0.2, 0) is 11.8 Å². The zero-order chi connectivity index (χ0) is 18.5. The number of fused-ring (bicyclic) bond motifs is 1. The standard InChI is InChI=1S/C10H11N7.C7H11NO/c1-17-5-6(4-13-17)14-10-15-8(11)7-2-3-12-9(7)16-10;1-2-7(9)8-6-4-3-5-6/h2-5H,1H3,(H4,11,12,14,15,16);2,6H,1,3-5H2,(H,8,9). The van der Waals surface area contributed by atoms with Crippen molar-refractivity contribution in [2.24, 2.45) is 7.05 Å². The predicted molar refractivity (Wildman–Crippen MR) is 101 cm³/mol. The van der Waals surface area contributed by atoms with Gasteiger partial charge in [0.1, 0.15) is 11.5 Å². The SMILES string of the molecule is C=CC(=O)NC1CCC1.Cn1cc(Nc2nc(N)c3cc[nH]c3n2)cn1. The summed E-state index contributed by atoms with van der Waals surface area (Å²) in [6.45, 7) is 3.36. The lowest BCUT2D eigenvalue weighted by atomic mass is 9.93. The molecule has 0 aliphatic heterocycles. The van der Waals surface area contributed by atoms with Crippen LogP contribution >= 0.6 is 0 Å². The molecule has 3 heterocycles. The van der Waals surface area contributed by atoms with E-state index in [4.69, 9.17) is 5.73 Å². The Bertz CT molecular complexity index is 909. The van der Waals surface area contributed by atoms with Gasteiger partial charge in [0.25, 0.3) is 0 Å². The maximum atomic E-state index is 10.6. The quantitative estimate of drug-likeness (QED) is 0.530. The number of nitrogen functional groups attached to an aromatic ring is 1. The molecule has 0 bridgehead atoms. The number of nitrogens with one attached hydrogen (secondary N) is 3. The highest BCUT2D eigenvalue weighted by molar-refractivity contribution is 5.87. The summed E-state index contributed by atoms with van der Waals surface area (Å²) < 4.78 is 1.69. The first-order valence-corrected chi connectivity index (χ1v) is 8.34. The van der Waals surface area contributed by atoms with Crippen LogP contribution in [0, 0.1) is 0 Å². The van der Waals surface area contributed by atoms with Crippen molar-refractivity contribution < 1.29 is 4.79 Å². The number of aromatic amines is 1. The molecule has 3 aromatic heterocycles. The number of carbonyl (C=O) groups is 1. The van der Waals surface area contributed by atoms with E-state index in [0.717, 1.165) is 23.9 Å². The summed E-state index contributed by atoms with van der Waals surface area (Å²) in [5, 5.41) is 10.7. The normalized spacial score (nSPS) is 13.4. The first kappa shape index (κ1) is 17.5. The average molecular weight is 354 g/mol. The van der Waals surface area contributed by atoms with E-state index < -0.39 is 0 Å². The Hall–Kier alpha value is -3.36. The number of hydrogen-bond acceptors (Lipinski definition) is 6. The zero-order valence-electron chi connectivity index (χ0n) is 14.6. The highest BCUT2D eigenvalue weighted by Crippen LogP contribution is 2.20. The highest BCUT2D eigenvalue weighted by atomic mass is 16.1. The number of H-pyrrole nitrogens is 1. The maximum absolute atomic E-state index is 10.6. The molecule has 0 saturated heterocycles. The van der Waals surface area contributed by atoms with Crippen LogP contribution in [0.5, 0.6) is 0 Å². The minimum atomic E-state index is -0.0419. The fourth-order valence-corrected chi connectivity index (χ4v) is 2.45. The van der Waals surface area contributed by atoms with Crippen LogP contribution in [0.2, 0.25) is 0 Å². The summed E-state index contributed by atoms with van der Waals surface area (Å²) in [5.74, 6) is 0.854. The van der Waals surface area contributed by atoms with Crippen molar-refractivity contribution in [3.63, 3.8) is 0 Å². The van der Waals surface area contributed by atoms with Crippen LogP contribution in [0.4, 0.5) is 17.5 Å². The van der Waals surface area contributed by atoms with E-state index in [2.05, 4.69) is 37.3 Å². The smallest absolute Gasteiger partial charge is 0.243 e. The molecule has 0 radical (unpaired) electrons. The van der Waals surface area contributed by atoms with E-state index in [9.17, 15) is 4.79 Å². The van der Waals surface area contributed by atoms with Gasteiger partial charge in [-0.1, -0.05) is 6.58 Å². The molecule has 136 valence electrons. The average Bonchev–Trinajstić information content (AvgIpc) is 3.20. The van der Waals surface area contributed by atoms with E-state index in [0.29, 0.717) is 23.5 Å². The summed E-state index contributed by atoms with van der Waals surface area (Å²) in [4.78, 5) is 22.1. The van der Waals surface area contributed by atoms with Crippen molar-refractivity contribution in [1.29, 1.82) is 0 Å². The minimum Gasteiger partial charge on any atom is -0.383 e. The molecule has 0 unspecified atom stereocenters. The Morgan fingerprint density at radius 2 is 2.27 bits per heavy atom. The number of nitrogens with zero attached hydrogens (tertiary/aromatic N) is 4. The molecule has 3 aromatic rings. The molecular weight excluding hydrogens is 332 g/mol. The number of amides is 1. The molecule has 0 spiro atoms. The van der Waals surface area contributed by atoms with Crippen molar-refractivity contribution in [1.82, 2.24) is 30.0 Å². The summed E-state index contributed by atoms with van der Waals surface area (Å²) in [6, 6.07) is 2.29. The van der Waals surface area contributed by atoms with Gasteiger partial charge in [0.15, 0.2) is 0 Å². The first-order chi connectivity index (χ1) is 12.5. The molecule has 1 saturated carbocycles. The Morgan fingerprint density at radius 3 is 2.88 bits per heavy atom. The number of aryl methyl sites for hydroxylation is 1. The van der Waals surface area contributed by atoms with Gasteiger partial charge < -0.3 is 21.4 Å². The van der Waals surface area contributed by atoms with Crippen LogP contribution < -0.4 is 16.4 Å². The van der Waals surface area contributed by atoms with Crippen molar-refractivity contribution in [2.45, 2.75) is 25.3 Å². The summed E-state index contributed by atoms with van der Waals surface area (Å²) in [5.41, 5.74) is 7.36. The fraction of sp³-hybridized carbons (Fsp3) is 0.294. The third-order valence-electron chi connectivity index (χ3n) is 4.04. The predicted octanol–water partition coefficient (Wildman–Crippen LogP) is 1.86. The molecule has 1 aliphatic carbocycles. The number of nitrogens with two attached hydrogens (primary N) is 1. The largest absolute Gasteiger partial charge is 0.383 e. The van der Waals surface area contributed by atoms with Gasteiger partial charge in [-0.25, -0.2) is 0 Å². The number of aromatic nitrogens is 5. The first-order valence-electron chi connectivity index (χ1n) is 8.34. The lowest BCUT2D eigenvalue weighted by Gasteiger charge is -2.25. The molecule has 0 aromatic carbocycles. The summed E-state index contributed by atoms with van der Waals surface area (Å²) in [6.07, 6.45) is 10.2. The van der Waals surface area contributed by atoms with Crippen molar-refractivity contribution in [3.8, 4) is 0 Å². The van der Waals surface area contributed by atoms with Crippen LogP contribution in [0.15, 0.2) is 37.3 Å².